The highest BCUT2D eigenvalue weighted by Gasteiger charge is 2.15. The van der Waals surface area contributed by atoms with Gasteiger partial charge in [-0.05, 0) is 35.1 Å². The van der Waals surface area contributed by atoms with E-state index in [2.05, 4.69) is 9.97 Å². The zero-order chi connectivity index (χ0) is 15.1. The lowest BCUT2D eigenvalue weighted by molar-refractivity contribution is 1.12. The molecule has 108 valence electrons. The number of fused-ring (bicyclic) bond motifs is 1. The van der Waals surface area contributed by atoms with Gasteiger partial charge in [-0.3, -0.25) is 0 Å². The van der Waals surface area contributed by atoms with Crippen molar-refractivity contribution >= 4 is 58.3 Å². The van der Waals surface area contributed by atoms with Gasteiger partial charge >= 0.3 is 0 Å². The van der Waals surface area contributed by atoms with Gasteiger partial charge in [0.1, 0.15) is 21.5 Å². The highest BCUT2D eigenvalue weighted by molar-refractivity contribution is 7.72. The quantitative estimate of drug-likeness (QED) is 0.482. The van der Waals surface area contributed by atoms with Crippen molar-refractivity contribution in [3.05, 3.63) is 44.4 Å². The van der Waals surface area contributed by atoms with Gasteiger partial charge in [0.15, 0.2) is 10.4 Å². The molecule has 4 heterocycles. The van der Waals surface area contributed by atoms with Gasteiger partial charge in [-0.25, -0.2) is 9.97 Å². The Balaban J connectivity index is 2.13. The fourth-order valence-electron chi connectivity index (χ4n) is 2.15. The summed E-state index contributed by atoms with van der Waals surface area (Å²) in [7, 11) is 0. The highest BCUT2D eigenvalue weighted by atomic mass is 32.1. The molecule has 0 unspecified atom stereocenters. The second kappa shape index (κ2) is 5.47. The van der Waals surface area contributed by atoms with Gasteiger partial charge in [0.2, 0.25) is 0 Å². The monoisotopic (exact) mass is 360 g/mol. The minimum atomic E-state index is 0.452. The first-order valence-corrected chi connectivity index (χ1v) is 8.92. The molecule has 4 aromatic heterocycles. The molecule has 0 fully saturated rings. The van der Waals surface area contributed by atoms with Crippen LogP contribution in [-0.4, -0.2) is 19.9 Å². The predicted octanol–water partition coefficient (Wildman–Crippen LogP) is 5.20. The summed E-state index contributed by atoms with van der Waals surface area (Å²) in [4.78, 5) is 17.6. The van der Waals surface area contributed by atoms with Crippen LogP contribution < -0.4 is 0 Å². The van der Waals surface area contributed by atoms with Crippen molar-refractivity contribution in [2.45, 2.75) is 0 Å². The Bertz CT molecular complexity index is 1060. The van der Waals surface area contributed by atoms with E-state index in [9.17, 15) is 0 Å². The number of aromatic amines is 2. The first-order valence-electron chi connectivity index (χ1n) is 6.34. The summed E-state index contributed by atoms with van der Waals surface area (Å²) in [5.41, 5.74) is 2.93. The molecule has 8 heteroatoms. The number of thiophene rings is 2. The molecular formula is C14H8N4S4. The second-order valence-corrected chi connectivity index (χ2v) is 7.19. The van der Waals surface area contributed by atoms with Crippen LogP contribution in [0.25, 0.3) is 32.3 Å². The van der Waals surface area contributed by atoms with Crippen LogP contribution in [0.3, 0.4) is 0 Å². The number of H-pyrrole nitrogens is 2. The van der Waals surface area contributed by atoms with Crippen LogP contribution in [0, 0.1) is 9.41 Å². The number of nitrogens with one attached hydrogen (secondary N) is 2. The molecule has 0 amide bonds. The highest BCUT2D eigenvalue weighted by Crippen LogP contribution is 2.35. The van der Waals surface area contributed by atoms with Crippen LogP contribution >= 0.6 is 47.1 Å². The molecule has 22 heavy (non-hydrogen) atoms. The summed E-state index contributed by atoms with van der Waals surface area (Å²) in [5.74, 6) is 0. The van der Waals surface area contributed by atoms with Crippen LogP contribution in [0.2, 0.25) is 0 Å². The van der Waals surface area contributed by atoms with Crippen LogP contribution in [0.5, 0.6) is 0 Å². The number of hydrogen-bond donors (Lipinski definition) is 2. The molecule has 0 aliphatic carbocycles. The SMILES string of the molecule is S=c1[nH]c(=S)c2nc(-c3cccs3)c(-c3cccs3)nc2[nH]1. The predicted molar refractivity (Wildman–Crippen MR) is 96.5 cm³/mol. The lowest BCUT2D eigenvalue weighted by Crippen LogP contribution is -1.97. The van der Waals surface area contributed by atoms with Crippen molar-refractivity contribution in [2.24, 2.45) is 0 Å². The van der Waals surface area contributed by atoms with Crippen LogP contribution in [0.4, 0.5) is 0 Å². The van der Waals surface area contributed by atoms with Gasteiger partial charge in [-0.15, -0.1) is 22.7 Å². The molecule has 0 saturated heterocycles. The smallest absolute Gasteiger partial charge is 0.177 e. The van der Waals surface area contributed by atoms with Gasteiger partial charge in [0.05, 0.1) is 9.75 Å². The van der Waals surface area contributed by atoms with E-state index in [4.69, 9.17) is 34.4 Å². The molecule has 0 radical (unpaired) electrons. The molecular weight excluding hydrogens is 352 g/mol. The molecule has 0 bridgehead atoms. The Morgan fingerprint density at radius 1 is 0.864 bits per heavy atom. The molecule has 4 rings (SSSR count). The Morgan fingerprint density at radius 3 is 2.09 bits per heavy atom. The Labute approximate surface area is 143 Å². The van der Waals surface area contributed by atoms with E-state index >= 15 is 0 Å². The third-order valence-corrected chi connectivity index (χ3v) is 5.33. The van der Waals surface area contributed by atoms with E-state index < -0.39 is 0 Å². The normalized spacial score (nSPS) is 11.1. The summed E-state index contributed by atoms with van der Waals surface area (Å²) >= 11 is 13.7. The lowest BCUT2D eigenvalue weighted by Gasteiger charge is -2.07. The second-order valence-electron chi connectivity index (χ2n) is 4.48. The standard InChI is InChI=1S/C14H8N4S4/c19-13-11-12(17-14(20)18-13)16-10(8-4-2-6-22-8)9(15-11)7-3-1-5-21-7/h1-6H,(H2,16,17,18,19,20). The van der Waals surface area contributed by atoms with Crippen molar-refractivity contribution < 1.29 is 0 Å². The summed E-state index contributed by atoms with van der Waals surface area (Å²) in [6, 6.07) is 8.08. The number of aromatic nitrogens is 4. The Morgan fingerprint density at radius 2 is 1.50 bits per heavy atom. The van der Waals surface area contributed by atoms with Crippen LogP contribution in [-0.2, 0) is 0 Å². The van der Waals surface area contributed by atoms with Crippen molar-refractivity contribution in [3.63, 3.8) is 0 Å². The first kappa shape index (κ1) is 13.9. The van der Waals surface area contributed by atoms with E-state index in [0.717, 1.165) is 21.1 Å². The summed E-state index contributed by atoms with van der Waals surface area (Å²) in [6.07, 6.45) is 0. The maximum atomic E-state index is 5.33. The molecule has 4 aromatic rings. The van der Waals surface area contributed by atoms with Gasteiger partial charge in [0.25, 0.3) is 0 Å². The number of rotatable bonds is 2. The van der Waals surface area contributed by atoms with E-state index in [0.29, 0.717) is 20.6 Å². The maximum absolute atomic E-state index is 5.33. The van der Waals surface area contributed by atoms with Crippen molar-refractivity contribution in [1.29, 1.82) is 0 Å². The summed E-state index contributed by atoms with van der Waals surface area (Å²) < 4.78 is 0.953. The van der Waals surface area contributed by atoms with Gasteiger partial charge in [-0.1, -0.05) is 24.4 Å². The molecule has 0 aliphatic rings. The molecule has 2 N–H and O–H groups in total. The zero-order valence-corrected chi connectivity index (χ0v) is 14.3. The molecule has 0 atom stereocenters. The fraction of sp³-hybridized carbons (Fsp3) is 0. The number of nitrogens with zero attached hydrogens (tertiary/aromatic N) is 2. The third-order valence-electron chi connectivity index (χ3n) is 3.08. The minimum Gasteiger partial charge on any atom is -0.322 e. The fourth-order valence-corrected chi connectivity index (χ4v) is 4.09. The van der Waals surface area contributed by atoms with Crippen molar-refractivity contribution in [1.82, 2.24) is 19.9 Å². The topological polar surface area (TPSA) is 57.4 Å². The van der Waals surface area contributed by atoms with E-state index in [-0.39, 0.29) is 0 Å². The molecule has 4 nitrogen and oxygen atoms in total. The van der Waals surface area contributed by atoms with Crippen molar-refractivity contribution in [2.75, 3.05) is 0 Å². The average molecular weight is 361 g/mol. The Kier molecular flexibility index (Phi) is 3.45. The van der Waals surface area contributed by atoms with Crippen molar-refractivity contribution in [3.8, 4) is 21.1 Å². The van der Waals surface area contributed by atoms with Gasteiger partial charge in [-0.2, -0.15) is 0 Å². The lowest BCUT2D eigenvalue weighted by atomic mass is 10.2. The largest absolute Gasteiger partial charge is 0.322 e. The minimum absolute atomic E-state index is 0.452. The van der Waals surface area contributed by atoms with Crippen LogP contribution in [0.1, 0.15) is 0 Å². The molecule has 0 spiro atoms. The molecule has 0 aromatic carbocycles. The third kappa shape index (κ3) is 2.34. The van der Waals surface area contributed by atoms with Gasteiger partial charge < -0.3 is 9.97 Å². The Hall–Kier alpha value is -1.74. The van der Waals surface area contributed by atoms with Gasteiger partial charge in [0, 0.05) is 0 Å². The average Bonchev–Trinajstić information content (AvgIpc) is 3.19. The maximum Gasteiger partial charge on any atom is 0.177 e. The van der Waals surface area contributed by atoms with Crippen LogP contribution in [0.15, 0.2) is 35.0 Å². The first-order chi connectivity index (χ1) is 10.7. The summed E-state index contributed by atoms with van der Waals surface area (Å²) in [6.45, 7) is 0. The van der Waals surface area contributed by atoms with E-state index in [1.54, 1.807) is 22.7 Å². The number of hydrogen-bond acceptors (Lipinski definition) is 6. The van der Waals surface area contributed by atoms with E-state index in [1.807, 2.05) is 35.0 Å². The summed E-state index contributed by atoms with van der Waals surface area (Å²) in [5, 5.41) is 4.05. The zero-order valence-electron chi connectivity index (χ0n) is 11.0. The molecule has 0 aliphatic heterocycles. The molecule has 0 saturated carbocycles. The van der Waals surface area contributed by atoms with E-state index in [1.165, 1.54) is 0 Å².